The van der Waals surface area contributed by atoms with Gasteiger partial charge < -0.3 is 14.6 Å². The summed E-state index contributed by atoms with van der Waals surface area (Å²) in [7, 11) is 0. The lowest BCUT2D eigenvalue weighted by atomic mass is 9.46. The lowest BCUT2D eigenvalue weighted by Gasteiger charge is -2.59. The van der Waals surface area contributed by atoms with Crippen molar-refractivity contribution in [2.75, 3.05) is 6.61 Å². The van der Waals surface area contributed by atoms with Crippen LogP contribution in [0.25, 0.3) is 0 Å². The lowest BCUT2D eigenvalue weighted by molar-refractivity contribution is -0.273. The predicted octanol–water partition coefficient (Wildman–Crippen LogP) is 5.49. The van der Waals surface area contributed by atoms with Crippen LogP contribution in [0.4, 0.5) is 0 Å². The predicted molar refractivity (Wildman–Crippen MR) is 118 cm³/mol. The second-order valence-electron chi connectivity index (χ2n) is 12.2. The van der Waals surface area contributed by atoms with Gasteiger partial charge in [0.15, 0.2) is 5.79 Å². The van der Waals surface area contributed by atoms with Crippen LogP contribution in [-0.4, -0.2) is 29.7 Å². The minimum atomic E-state index is -0.397. The molecule has 30 heavy (non-hydrogen) atoms. The zero-order valence-corrected chi connectivity index (χ0v) is 19.3. The number of fused-ring (bicyclic) bond motifs is 7. The molecule has 0 aromatic heterocycles. The second-order valence-corrected chi connectivity index (χ2v) is 12.2. The van der Waals surface area contributed by atoms with Crippen LogP contribution in [0.2, 0.25) is 0 Å². The highest BCUT2D eigenvalue weighted by atomic mass is 16.7. The molecule has 1 N–H and O–H groups in total. The smallest absolute Gasteiger partial charge is 0.171 e. The molecule has 4 aliphatic carbocycles. The molecule has 2 saturated heterocycles. The summed E-state index contributed by atoms with van der Waals surface area (Å²) in [5.74, 6) is 2.85. The molecule has 166 valence electrons. The summed E-state index contributed by atoms with van der Waals surface area (Å²) in [4.78, 5) is 0. The topological polar surface area (TPSA) is 38.7 Å². The molecule has 3 heteroatoms. The van der Waals surface area contributed by atoms with Gasteiger partial charge in [0.25, 0.3) is 0 Å². The van der Waals surface area contributed by atoms with E-state index in [1.807, 2.05) is 0 Å². The first-order valence-electron chi connectivity index (χ1n) is 12.7. The molecule has 0 aromatic rings. The average molecular weight is 413 g/mol. The Morgan fingerprint density at radius 3 is 2.70 bits per heavy atom. The molecule has 2 heterocycles. The van der Waals surface area contributed by atoms with Crippen LogP contribution in [0, 0.1) is 46.3 Å². The van der Waals surface area contributed by atoms with E-state index in [4.69, 9.17) is 9.47 Å². The Morgan fingerprint density at radius 1 is 1.10 bits per heavy atom. The molecule has 2 aliphatic heterocycles. The molecule has 3 nitrogen and oxygen atoms in total. The maximum atomic E-state index is 11.7. The Bertz CT molecular complexity index is 777. The van der Waals surface area contributed by atoms with Gasteiger partial charge >= 0.3 is 0 Å². The Kier molecular flexibility index (Phi) is 4.30. The van der Waals surface area contributed by atoms with E-state index in [0.717, 1.165) is 25.9 Å². The quantitative estimate of drug-likeness (QED) is 0.572. The third-order valence-corrected chi connectivity index (χ3v) is 11.0. The van der Waals surface area contributed by atoms with Crippen molar-refractivity contribution in [2.24, 2.45) is 46.3 Å². The zero-order valence-electron chi connectivity index (χ0n) is 19.3. The number of aliphatic hydroxyl groups is 1. The van der Waals surface area contributed by atoms with Gasteiger partial charge in [0, 0.05) is 23.7 Å². The van der Waals surface area contributed by atoms with E-state index in [1.165, 1.54) is 31.3 Å². The molecule has 11 atom stereocenters. The van der Waals surface area contributed by atoms with Crippen molar-refractivity contribution in [1.29, 1.82) is 0 Å². The normalized spacial score (nSPS) is 59.3. The Morgan fingerprint density at radius 2 is 1.93 bits per heavy atom. The van der Waals surface area contributed by atoms with E-state index in [9.17, 15) is 5.11 Å². The van der Waals surface area contributed by atoms with E-state index in [-0.39, 0.29) is 23.0 Å². The summed E-state index contributed by atoms with van der Waals surface area (Å²) in [5.41, 5.74) is 1.73. The molecule has 6 rings (SSSR count). The number of ether oxygens (including phenoxy) is 2. The first-order valence-corrected chi connectivity index (χ1v) is 12.7. The van der Waals surface area contributed by atoms with Crippen LogP contribution in [0.3, 0.4) is 0 Å². The van der Waals surface area contributed by atoms with Crippen molar-refractivity contribution < 1.29 is 14.6 Å². The van der Waals surface area contributed by atoms with Gasteiger partial charge in [-0.25, -0.2) is 0 Å². The van der Waals surface area contributed by atoms with Crippen molar-refractivity contribution in [1.82, 2.24) is 0 Å². The molecule has 0 bridgehead atoms. The second kappa shape index (κ2) is 6.45. The third-order valence-electron chi connectivity index (χ3n) is 11.0. The van der Waals surface area contributed by atoms with Gasteiger partial charge in [0.1, 0.15) is 0 Å². The highest BCUT2D eigenvalue weighted by Gasteiger charge is 2.70. The largest absolute Gasteiger partial charge is 0.393 e. The number of aliphatic hydroxyl groups excluding tert-OH is 1. The monoisotopic (exact) mass is 412 g/mol. The molecular formula is C27H40O3. The van der Waals surface area contributed by atoms with Crippen molar-refractivity contribution in [3.05, 3.63) is 23.8 Å². The van der Waals surface area contributed by atoms with Gasteiger partial charge in [-0.1, -0.05) is 45.9 Å². The van der Waals surface area contributed by atoms with Gasteiger partial charge in [-0.2, -0.15) is 0 Å². The highest BCUT2D eigenvalue weighted by molar-refractivity contribution is 5.34. The van der Waals surface area contributed by atoms with Crippen molar-refractivity contribution >= 4 is 0 Å². The van der Waals surface area contributed by atoms with Crippen LogP contribution >= 0.6 is 0 Å². The van der Waals surface area contributed by atoms with E-state index in [0.29, 0.717) is 35.5 Å². The summed E-state index contributed by atoms with van der Waals surface area (Å²) in [5, 5.41) is 11.7. The Hall–Kier alpha value is -0.640. The van der Waals surface area contributed by atoms with Crippen molar-refractivity contribution in [2.45, 2.75) is 90.6 Å². The van der Waals surface area contributed by atoms with E-state index >= 15 is 0 Å². The molecular weight excluding hydrogens is 372 g/mol. The van der Waals surface area contributed by atoms with Crippen LogP contribution in [0.15, 0.2) is 23.8 Å². The first-order chi connectivity index (χ1) is 14.3. The first kappa shape index (κ1) is 20.0. The molecule has 6 aliphatic rings. The van der Waals surface area contributed by atoms with Gasteiger partial charge in [-0.05, 0) is 73.2 Å². The summed E-state index contributed by atoms with van der Waals surface area (Å²) in [6, 6.07) is 0. The molecule has 0 amide bonds. The molecule has 0 aromatic carbocycles. The van der Waals surface area contributed by atoms with Crippen LogP contribution in [0.5, 0.6) is 0 Å². The van der Waals surface area contributed by atoms with Crippen molar-refractivity contribution in [3.8, 4) is 0 Å². The van der Waals surface area contributed by atoms with E-state index in [1.54, 1.807) is 0 Å². The maximum Gasteiger partial charge on any atom is 0.171 e. The van der Waals surface area contributed by atoms with Crippen LogP contribution < -0.4 is 0 Å². The molecule has 1 spiro atoms. The summed E-state index contributed by atoms with van der Waals surface area (Å²) in [6.45, 7) is 10.3. The lowest BCUT2D eigenvalue weighted by Crippen LogP contribution is -2.57. The van der Waals surface area contributed by atoms with Crippen LogP contribution in [0.1, 0.15) is 72.6 Å². The third kappa shape index (κ3) is 2.38. The van der Waals surface area contributed by atoms with Gasteiger partial charge in [-0.3, -0.25) is 0 Å². The number of rotatable bonds is 0. The fraction of sp³-hybridized carbons (Fsp3) is 0.852. The number of hydrogen-bond donors (Lipinski definition) is 1. The van der Waals surface area contributed by atoms with Gasteiger partial charge in [-0.15, -0.1) is 0 Å². The van der Waals surface area contributed by atoms with Crippen molar-refractivity contribution in [3.63, 3.8) is 0 Å². The standard InChI is InChI=1S/C27H40O3/c1-16-10-12-27(29-15-16)17(2)24-22(30-27)13-21-19-9-8-18-7-5-6-11-25(18,3)20(19)14-23(28)26(21,24)4/h5,7-8,16-17,19-24,28H,6,9-15H2,1-4H3/t16?,17-,19-,20+,21+,22+,23-,24+,25+,26-,27-/m1/s1. The number of hydrogen-bond acceptors (Lipinski definition) is 3. The highest BCUT2D eigenvalue weighted by Crippen LogP contribution is 2.70. The van der Waals surface area contributed by atoms with Crippen LogP contribution in [-0.2, 0) is 9.47 Å². The summed E-state index contributed by atoms with van der Waals surface area (Å²) < 4.78 is 13.3. The summed E-state index contributed by atoms with van der Waals surface area (Å²) >= 11 is 0. The fourth-order valence-corrected chi connectivity index (χ4v) is 9.26. The Labute approximate surface area is 182 Å². The minimum absolute atomic E-state index is 0.0482. The van der Waals surface area contributed by atoms with E-state index < -0.39 is 5.79 Å². The minimum Gasteiger partial charge on any atom is -0.393 e. The average Bonchev–Trinajstić information content (AvgIpc) is 3.17. The SMILES string of the molecule is CC1CC[C@@]2(OC1)O[C@H]1C[C@H]3[C@@H]4CC=C5C=CCC[C@]5(C)[C@H]4C[C@@H](O)[C@]3(C)[C@H]1[C@H]2C. The molecule has 0 radical (unpaired) electrons. The molecule has 1 unspecified atom stereocenters. The number of allylic oxidation sites excluding steroid dienone is 4. The van der Waals surface area contributed by atoms with Gasteiger partial charge in [0.2, 0.25) is 0 Å². The fourth-order valence-electron chi connectivity index (χ4n) is 9.26. The molecule has 2 saturated carbocycles. The zero-order chi connectivity index (χ0) is 20.9. The molecule has 4 fully saturated rings. The Balaban J connectivity index is 1.34. The summed E-state index contributed by atoms with van der Waals surface area (Å²) in [6.07, 6.45) is 15.2. The van der Waals surface area contributed by atoms with Gasteiger partial charge in [0.05, 0.1) is 18.8 Å². The van der Waals surface area contributed by atoms with E-state index in [2.05, 4.69) is 45.9 Å². The maximum absolute atomic E-state index is 11.7.